The van der Waals surface area contributed by atoms with Gasteiger partial charge in [-0.3, -0.25) is 4.98 Å². The molecule has 154 valence electrons. The van der Waals surface area contributed by atoms with E-state index in [1.165, 1.54) is 0 Å². The maximum atomic E-state index is 12.8. The number of aromatic amines is 1. The monoisotopic (exact) mass is 410 g/mol. The van der Waals surface area contributed by atoms with Crippen LogP contribution in [0.5, 0.6) is 0 Å². The number of rotatable bonds is 3. The van der Waals surface area contributed by atoms with Gasteiger partial charge in [-0.25, -0.2) is 14.8 Å². The van der Waals surface area contributed by atoms with E-state index in [9.17, 15) is 4.79 Å². The average molecular weight is 410 g/mol. The Balaban J connectivity index is 1.30. The first kappa shape index (κ1) is 19.0. The SMILES string of the molecule is Cc1c[nH]c2ncnc(C3=CCN(C(=O)Nc4cccc(-c5ccncc5)c4)CC3)c12. The fourth-order valence-corrected chi connectivity index (χ4v) is 3.95. The largest absolute Gasteiger partial charge is 0.346 e. The summed E-state index contributed by atoms with van der Waals surface area (Å²) < 4.78 is 0. The molecule has 1 aromatic carbocycles. The predicted octanol–water partition coefficient (Wildman–Crippen LogP) is 4.65. The van der Waals surface area contributed by atoms with E-state index < -0.39 is 0 Å². The molecule has 1 aliphatic rings. The molecule has 2 N–H and O–H groups in total. The molecule has 0 aliphatic carbocycles. The number of anilines is 1. The van der Waals surface area contributed by atoms with Crippen molar-refractivity contribution in [2.75, 3.05) is 18.4 Å². The molecule has 2 amide bonds. The lowest BCUT2D eigenvalue weighted by Crippen LogP contribution is -2.38. The third-order valence-corrected chi connectivity index (χ3v) is 5.60. The van der Waals surface area contributed by atoms with Crippen molar-refractivity contribution in [3.8, 4) is 11.1 Å². The number of amides is 2. The van der Waals surface area contributed by atoms with E-state index in [-0.39, 0.29) is 6.03 Å². The van der Waals surface area contributed by atoms with Gasteiger partial charge < -0.3 is 15.2 Å². The van der Waals surface area contributed by atoms with Crippen LogP contribution in [0.1, 0.15) is 17.7 Å². The van der Waals surface area contributed by atoms with Crippen LogP contribution < -0.4 is 5.32 Å². The molecule has 4 heterocycles. The predicted molar refractivity (Wildman–Crippen MR) is 121 cm³/mol. The highest BCUT2D eigenvalue weighted by Gasteiger charge is 2.21. The molecule has 0 bridgehead atoms. The Hall–Kier alpha value is -4.00. The number of nitrogens with one attached hydrogen (secondary N) is 2. The van der Waals surface area contributed by atoms with Crippen LogP contribution in [0.2, 0.25) is 0 Å². The quantitative estimate of drug-likeness (QED) is 0.515. The van der Waals surface area contributed by atoms with Gasteiger partial charge >= 0.3 is 6.03 Å². The Morgan fingerprint density at radius 3 is 2.81 bits per heavy atom. The number of aromatic nitrogens is 4. The van der Waals surface area contributed by atoms with Crippen LogP contribution in [0.3, 0.4) is 0 Å². The van der Waals surface area contributed by atoms with Crippen molar-refractivity contribution in [1.29, 1.82) is 0 Å². The first-order valence-corrected chi connectivity index (χ1v) is 10.2. The highest BCUT2D eigenvalue weighted by Crippen LogP contribution is 2.29. The summed E-state index contributed by atoms with van der Waals surface area (Å²) >= 11 is 0. The van der Waals surface area contributed by atoms with Gasteiger partial charge in [-0.2, -0.15) is 0 Å². The number of benzene rings is 1. The van der Waals surface area contributed by atoms with Gasteiger partial charge in [0.25, 0.3) is 0 Å². The van der Waals surface area contributed by atoms with Gasteiger partial charge in [-0.1, -0.05) is 18.2 Å². The molecule has 5 rings (SSSR count). The average Bonchev–Trinajstić information content (AvgIpc) is 3.21. The summed E-state index contributed by atoms with van der Waals surface area (Å²) in [4.78, 5) is 30.7. The molecule has 0 atom stereocenters. The summed E-state index contributed by atoms with van der Waals surface area (Å²) in [5, 5.41) is 4.08. The second-order valence-corrected chi connectivity index (χ2v) is 7.59. The number of aryl methyl sites for hydroxylation is 1. The molecule has 0 radical (unpaired) electrons. The van der Waals surface area contributed by atoms with Gasteiger partial charge in [0.1, 0.15) is 12.0 Å². The van der Waals surface area contributed by atoms with E-state index in [0.29, 0.717) is 13.1 Å². The highest BCUT2D eigenvalue weighted by molar-refractivity contribution is 5.93. The zero-order valence-electron chi connectivity index (χ0n) is 17.2. The Kier molecular flexibility index (Phi) is 4.92. The van der Waals surface area contributed by atoms with Gasteiger partial charge in [-0.15, -0.1) is 0 Å². The van der Waals surface area contributed by atoms with Crippen molar-refractivity contribution in [1.82, 2.24) is 24.8 Å². The molecular formula is C24H22N6O. The fourth-order valence-electron chi connectivity index (χ4n) is 3.95. The van der Waals surface area contributed by atoms with Gasteiger partial charge in [0, 0.05) is 42.8 Å². The lowest BCUT2D eigenvalue weighted by Gasteiger charge is -2.27. The highest BCUT2D eigenvalue weighted by atomic mass is 16.2. The third kappa shape index (κ3) is 3.77. The molecule has 4 aromatic rings. The number of hydrogen-bond acceptors (Lipinski definition) is 4. The maximum Gasteiger partial charge on any atom is 0.322 e. The molecule has 0 saturated carbocycles. The lowest BCUT2D eigenvalue weighted by atomic mass is 10.0. The van der Waals surface area contributed by atoms with E-state index in [1.807, 2.05) is 47.5 Å². The van der Waals surface area contributed by atoms with Crippen LogP contribution in [-0.4, -0.2) is 44.0 Å². The number of urea groups is 1. The second-order valence-electron chi connectivity index (χ2n) is 7.59. The van der Waals surface area contributed by atoms with E-state index in [1.54, 1.807) is 18.7 Å². The summed E-state index contributed by atoms with van der Waals surface area (Å²) in [7, 11) is 0. The van der Waals surface area contributed by atoms with Gasteiger partial charge in [-0.05, 0) is 59.9 Å². The number of carbonyl (C=O) groups excluding carboxylic acids is 1. The maximum absolute atomic E-state index is 12.8. The van der Waals surface area contributed by atoms with Crippen LogP contribution in [0.15, 0.2) is 67.4 Å². The van der Waals surface area contributed by atoms with Gasteiger partial charge in [0.05, 0.1) is 5.69 Å². The molecular weight excluding hydrogens is 388 g/mol. The second kappa shape index (κ2) is 8.02. The van der Waals surface area contributed by atoms with E-state index in [4.69, 9.17) is 0 Å². The number of pyridine rings is 1. The van der Waals surface area contributed by atoms with Crippen molar-refractivity contribution in [3.63, 3.8) is 0 Å². The van der Waals surface area contributed by atoms with Crippen LogP contribution >= 0.6 is 0 Å². The van der Waals surface area contributed by atoms with Crippen LogP contribution in [0, 0.1) is 6.92 Å². The van der Waals surface area contributed by atoms with E-state index >= 15 is 0 Å². The minimum Gasteiger partial charge on any atom is -0.346 e. The molecule has 0 spiro atoms. The van der Waals surface area contributed by atoms with Gasteiger partial charge in [0.15, 0.2) is 0 Å². The summed E-state index contributed by atoms with van der Waals surface area (Å²) in [5.74, 6) is 0. The Morgan fingerprint density at radius 1 is 1.13 bits per heavy atom. The van der Waals surface area contributed by atoms with Crippen LogP contribution in [0.4, 0.5) is 10.5 Å². The van der Waals surface area contributed by atoms with Crippen molar-refractivity contribution < 1.29 is 4.79 Å². The molecule has 1 aliphatic heterocycles. The molecule has 7 heteroatoms. The minimum absolute atomic E-state index is 0.104. The first-order valence-electron chi connectivity index (χ1n) is 10.2. The smallest absolute Gasteiger partial charge is 0.322 e. The van der Waals surface area contributed by atoms with E-state index in [0.717, 1.165) is 51.1 Å². The van der Waals surface area contributed by atoms with Crippen LogP contribution in [0.25, 0.3) is 27.7 Å². The molecule has 0 saturated heterocycles. The molecule has 3 aromatic heterocycles. The van der Waals surface area contributed by atoms with Crippen molar-refractivity contribution in [2.45, 2.75) is 13.3 Å². The Labute approximate surface area is 179 Å². The number of nitrogens with zero attached hydrogens (tertiary/aromatic N) is 4. The summed E-state index contributed by atoms with van der Waals surface area (Å²) in [5.41, 5.74) is 6.95. The zero-order chi connectivity index (χ0) is 21.2. The topological polar surface area (TPSA) is 86.8 Å². The fraction of sp³-hybridized carbons (Fsp3) is 0.167. The summed E-state index contributed by atoms with van der Waals surface area (Å²) in [6.45, 7) is 3.23. The standard InChI is InChI=1S/C24H22N6O/c1-16-14-26-23-21(16)22(27-15-28-23)18-7-11-30(12-8-18)24(31)29-20-4-2-3-19(13-20)17-5-9-25-10-6-17/h2-7,9-10,13-15H,8,11-12H2,1H3,(H,29,31)(H,26,27,28). The van der Waals surface area contributed by atoms with Crippen molar-refractivity contribution in [3.05, 3.63) is 78.6 Å². The normalized spacial score (nSPS) is 13.8. The molecule has 0 fully saturated rings. The number of fused-ring (bicyclic) bond motifs is 1. The number of H-pyrrole nitrogens is 1. The van der Waals surface area contributed by atoms with Gasteiger partial charge in [0.2, 0.25) is 0 Å². The first-order chi connectivity index (χ1) is 15.2. The lowest BCUT2D eigenvalue weighted by molar-refractivity contribution is 0.217. The minimum atomic E-state index is -0.104. The van der Waals surface area contributed by atoms with E-state index in [2.05, 4.69) is 38.3 Å². The summed E-state index contributed by atoms with van der Waals surface area (Å²) in [6.07, 6.45) is 9.90. The number of hydrogen-bond donors (Lipinski definition) is 2. The van der Waals surface area contributed by atoms with Crippen molar-refractivity contribution >= 4 is 28.3 Å². The molecule has 31 heavy (non-hydrogen) atoms. The molecule has 0 unspecified atom stereocenters. The number of carbonyl (C=O) groups is 1. The molecule has 7 nitrogen and oxygen atoms in total. The zero-order valence-corrected chi connectivity index (χ0v) is 17.2. The van der Waals surface area contributed by atoms with Crippen LogP contribution in [-0.2, 0) is 0 Å². The van der Waals surface area contributed by atoms with Crippen molar-refractivity contribution in [2.24, 2.45) is 0 Å². The third-order valence-electron chi connectivity index (χ3n) is 5.60. The summed E-state index contributed by atoms with van der Waals surface area (Å²) in [6, 6.07) is 11.6. The Morgan fingerprint density at radius 2 is 2.00 bits per heavy atom. The Bertz CT molecular complexity index is 1280.